The van der Waals surface area contributed by atoms with E-state index >= 15 is 4.39 Å². The molecule has 10 nitrogen and oxygen atoms in total. The van der Waals surface area contributed by atoms with Crippen LogP contribution in [-0.2, 0) is 11.3 Å². The topological polar surface area (TPSA) is 119 Å². The second-order valence-electron chi connectivity index (χ2n) is 8.53. The van der Waals surface area contributed by atoms with Gasteiger partial charge in [0, 0.05) is 13.5 Å². The summed E-state index contributed by atoms with van der Waals surface area (Å²) in [6.07, 6.45) is 0.192. The molecule has 1 fully saturated rings. The molecule has 4 aromatic heterocycles. The Bertz CT molecular complexity index is 1430. The molecule has 0 bridgehead atoms. The summed E-state index contributed by atoms with van der Waals surface area (Å²) in [4.78, 5) is 26.1. The number of aryl methyl sites for hydroxylation is 2. The van der Waals surface area contributed by atoms with E-state index in [1.807, 2.05) is 0 Å². The van der Waals surface area contributed by atoms with Crippen molar-refractivity contribution < 1.29 is 18.0 Å². The molecule has 35 heavy (non-hydrogen) atoms. The molecule has 4 aromatic rings. The van der Waals surface area contributed by atoms with Gasteiger partial charge in [-0.15, -0.1) is 5.10 Å². The second kappa shape index (κ2) is 8.71. The maximum Gasteiger partial charge on any atom is 0.243 e. The van der Waals surface area contributed by atoms with Crippen molar-refractivity contribution in [3.05, 3.63) is 30.0 Å². The Morgan fingerprint density at radius 2 is 2.09 bits per heavy atom. The Hall–Kier alpha value is -3.90. The van der Waals surface area contributed by atoms with Crippen molar-refractivity contribution in [2.45, 2.75) is 39.0 Å². The Morgan fingerprint density at radius 3 is 2.80 bits per heavy atom. The van der Waals surface area contributed by atoms with Gasteiger partial charge in [-0.2, -0.15) is 4.98 Å². The normalized spacial score (nSPS) is 18.5. The first-order chi connectivity index (χ1) is 16.8. The number of nitrogens with zero attached hydrogens (tertiary/aromatic N) is 7. The number of anilines is 2. The van der Waals surface area contributed by atoms with E-state index in [0.717, 1.165) is 6.20 Å². The number of fused-ring (bicyclic) bond motifs is 2. The summed E-state index contributed by atoms with van der Waals surface area (Å²) in [7, 11) is 0. The molecule has 3 N–H and O–H groups in total. The number of nitrogen functional groups attached to an aromatic ring is 1. The minimum Gasteiger partial charge on any atom is -0.382 e. The Kier molecular flexibility index (Phi) is 5.69. The van der Waals surface area contributed by atoms with E-state index in [1.165, 1.54) is 16.3 Å². The lowest BCUT2D eigenvalue weighted by Gasteiger charge is -2.34. The third-order valence-corrected chi connectivity index (χ3v) is 6.26. The third kappa shape index (κ3) is 4.00. The van der Waals surface area contributed by atoms with Gasteiger partial charge in [0.25, 0.3) is 0 Å². The standard InChI is InChI=1S/C22H24F3N9O/c1-11-27-17-4-3-16(28-21(17)33(11)8-6-23)18-14(25)10-34-19(18)20(26)30-22(31-34)29-15-5-7-32(12(2)35)9-13(15)24/h3-4,10,13,15H,5-9H2,1-2H3,(H3,26,29,30,31). The van der Waals surface area contributed by atoms with Crippen LogP contribution in [0.3, 0.4) is 0 Å². The average molecular weight is 487 g/mol. The molecule has 0 aromatic carbocycles. The number of pyridine rings is 1. The summed E-state index contributed by atoms with van der Waals surface area (Å²) >= 11 is 0. The fourth-order valence-corrected chi connectivity index (χ4v) is 4.51. The zero-order valence-electron chi connectivity index (χ0n) is 19.2. The predicted molar refractivity (Wildman–Crippen MR) is 124 cm³/mol. The third-order valence-electron chi connectivity index (χ3n) is 6.26. The van der Waals surface area contributed by atoms with Crippen molar-refractivity contribution in [3.63, 3.8) is 0 Å². The van der Waals surface area contributed by atoms with Crippen LogP contribution in [0.4, 0.5) is 24.9 Å². The van der Waals surface area contributed by atoms with Gasteiger partial charge in [-0.25, -0.2) is 27.7 Å². The quantitative estimate of drug-likeness (QED) is 0.444. The molecule has 0 spiro atoms. The summed E-state index contributed by atoms with van der Waals surface area (Å²) in [6.45, 7) is 3.02. The van der Waals surface area contributed by atoms with Crippen LogP contribution in [-0.4, -0.2) is 71.9 Å². The van der Waals surface area contributed by atoms with Gasteiger partial charge < -0.3 is 20.5 Å². The molecule has 184 valence electrons. The Balaban J connectivity index is 1.50. The molecule has 5 rings (SSSR count). The van der Waals surface area contributed by atoms with Crippen LogP contribution in [0.25, 0.3) is 27.9 Å². The van der Waals surface area contributed by atoms with Gasteiger partial charge in [-0.3, -0.25) is 4.79 Å². The molecule has 2 atom stereocenters. The number of amides is 1. The molecule has 1 amide bonds. The maximum atomic E-state index is 15.1. The second-order valence-corrected chi connectivity index (χ2v) is 8.53. The molecule has 5 heterocycles. The lowest BCUT2D eigenvalue weighted by molar-refractivity contribution is -0.131. The average Bonchev–Trinajstić information content (AvgIpc) is 3.30. The zero-order valence-corrected chi connectivity index (χ0v) is 19.2. The largest absolute Gasteiger partial charge is 0.382 e. The fourth-order valence-electron chi connectivity index (χ4n) is 4.51. The number of hydrogen-bond donors (Lipinski definition) is 2. The highest BCUT2D eigenvalue weighted by atomic mass is 19.1. The van der Waals surface area contributed by atoms with Crippen molar-refractivity contribution in [3.8, 4) is 11.3 Å². The van der Waals surface area contributed by atoms with Crippen molar-refractivity contribution in [1.82, 2.24) is 34.0 Å². The highest BCUT2D eigenvalue weighted by Crippen LogP contribution is 2.32. The molecule has 0 aliphatic carbocycles. The van der Waals surface area contributed by atoms with Crippen LogP contribution >= 0.6 is 0 Å². The van der Waals surface area contributed by atoms with Crippen LogP contribution in [0.15, 0.2) is 18.3 Å². The number of aromatic nitrogens is 6. The number of carbonyl (C=O) groups is 1. The van der Waals surface area contributed by atoms with Gasteiger partial charge in [0.15, 0.2) is 17.3 Å². The molecular formula is C22H24F3N9O. The monoisotopic (exact) mass is 487 g/mol. The number of piperidine rings is 1. The van der Waals surface area contributed by atoms with E-state index < -0.39 is 24.7 Å². The van der Waals surface area contributed by atoms with Crippen molar-refractivity contribution >= 4 is 34.4 Å². The minimum atomic E-state index is -1.32. The van der Waals surface area contributed by atoms with E-state index in [4.69, 9.17) is 5.73 Å². The molecule has 0 radical (unpaired) electrons. The van der Waals surface area contributed by atoms with Gasteiger partial charge in [0.2, 0.25) is 11.9 Å². The lowest BCUT2D eigenvalue weighted by Crippen LogP contribution is -2.49. The highest BCUT2D eigenvalue weighted by Gasteiger charge is 2.31. The van der Waals surface area contributed by atoms with Gasteiger partial charge in [0.05, 0.1) is 36.6 Å². The smallest absolute Gasteiger partial charge is 0.243 e. The van der Waals surface area contributed by atoms with Crippen LogP contribution in [0, 0.1) is 12.7 Å². The molecular weight excluding hydrogens is 463 g/mol. The Morgan fingerprint density at radius 1 is 1.29 bits per heavy atom. The van der Waals surface area contributed by atoms with E-state index in [-0.39, 0.29) is 47.5 Å². The number of nitrogens with one attached hydrogen (secondary N) is 1. The van der Waals surface area contributed by atoms with Gasteiger partial charge in [0.1, 0.15) is 29.7 Å². The molecule has 1 aliphatic heterocycles. The summed E-state index contributed by atoms with van der Waals surface area (Å²) in [5.74, 6) is -0.184. The summed E-state index contributed by atoms with van der Waals surface area (Å²) in [5, 5.41) is 7.19. The Labute approximate surface area is 198 Å². The summed E-state index contributed by atoms with van der Waals surface area (Å²) in [6, 6.07) is 2.67. The van der Waals surface area contributed by atoms with Crippen molar-refractivity contribution in [2.24, 2.45) is 0 Å². The van der Waals surface area contributed by atoms with Crippen molar-refractivity contribution in [2.75, 3.05) is 30.8 Å². The summed E-state index contributed by atoms with van der Waals surface area (Å²) < 4.78 is 45.6. The first kappa shape index (κ1) is 22.9. The number of likely N-dealkylation sites (tertiary alicyclic amines) is 1. The highest BCUT2D eigenvalue weighted by molar-refractivity contribution is 5.89. The first-order valence-electron chi connectivity index (χ1n) is 11.2. The number of halogens is 3. The summed E-state index contributed by atoms with van der Waals surface area (Å²) in [5.41, 5.74) is 7.75. The number of carbonyl (C=O) groups excluding carboxylic acids is 1. The number of nitrogens with two attached hydrogens (primary N) is 1. The minimum absolute atomic E-state index is 0.0201. The first-order valence-corrected chi connectivity index (χ1v) is 11.2. The number of alkyl halides is 2. The molecule has 2 unspecified atom stereocenters. The maximum absolute atomic E-state index is 15.1. The number of imidazole rings is 1. The molecule has 13 heteroatoms. The fraction of sp³-hybridized carbons (Fsp3) is 0.409. The SMILES string of the molecule is CC(=O)N1CCC(Nc2nc(N)c3c(-c4ccc5nc(C)n(CCF)c5n4)c(F)cn3n2)C(F)C1. The van der Waals surface area contributed by atoms with E-state index in [1.54, 1.807) is 23.6 Å². The molecule has 1 aliphatic rings. The predicted octanol–water partition coefficient (Wildman–Crippen LogP) is 2.51. The number of rotatable bonds is 5. The zero-order chi connectivity index (χ0) is 24.9. The van der Waals surface area contributed by atoms with E-state index in [2.05, 4.69) is 25.4 Å². The van der Waals surface area contributed by atoms with Crippen LogP contribution < -0.4 is 11.1 Å². The molecule has 1 saturated heterocycles. The van der Waals surface area contributed by atoms with E-state index in [9.17, 15) is 13.6 Å². The van der Waals surface area contributed by atoms with Crippen LogP contribution in [0.2, 0.25) is 0 Å². The molecule has 0 saturated carbocycles. The lowest BCUT2D eigenvalue weighted by atomic mass is 10.0. The number of hydrogen-bond acceptors (Lipinski definition) is 7. The van der Waals surface area contributed by atoms with Gasteiger partial charge in [-0.1, -0.05) is 0 Å². The van der Waals surface area contributed by atoms with E-state index in [0.29, 0.717) is 30.0 Å². The van der Waals surface area contributed by atoms with Crippen LogP contribution in [0.1, 0.15) is 19.2 Å². The van der Waals surface area contributed by atoms with Crippen LogP contribution in [0.5, 0.6) is 0 Å². The van der Waals surface area contributed by atoms with Gasteiger partial charge >= 0.3 is 0 Å². The van der Waals surface area contributed by atoms with Crippen molar-refractivity contribution in [1.29, 1.82) is 0 Å². The van der Waals surface area contributed by atoms with Gasteiger partial charge in [-0.05, 0) is 25.5 Å².